The van der Waals surface area contributed by atoms with Crippen molar-refractivity contribution in [2.45, 2.75) is 20.4 Å². The highest BCUT2D eigenvalue weighted by atomic mass is 16.2. The lowest BCUT2D eigenvalue weighted by molar-refractivity contribution is -0.117. The lowest BCUT2D eigenvalue weighted by Crippen LogP contribution is -2.31. The van der Waals surface area contributed by atoms with Gasteiger partial charge in [0.1, 0.15) is 0 Å². The van der Waals surface area contributed by atoms with Gasteiger partial charge in [0.2, 0.25) is 5.91 Å². The van der Waals surface area contributed by atoms with Crippen LogP contribution in [0.25, 0.3) is 5.69 Å². The molecule has 3 N–H and O–H groups in total. The van der Waals surface area contributed by atoms with Crippen molar-refractivity contribution in [2.24, 2.45) is 5.73 Å². The molecule has 0 aliphatic carbocycles. The Balaban J connectivity index is 1.77. The van der Waals surface area contributed by atoms with Gasteiger partial charge in [-0.25, -0.2) is 4.68 Å². The highest BCUT2D eigenvalue weighted by molar-refractivity contribution is 6.43. The Kier molecular flexibility index (Phi) is 5.35. The Morgan fingerprint density at radius 2 is 1.75 bits per heavy atom. The summed E-state index contributed by atoms with van der Waals surface area (Å²) in [5.41, 5.74) is 8.45. The Hall–Kier alpha value is -3.74. The standard InChI is InChI=1S/C21H20N4O3/c1-13-18(14(2)25(24-13)17-9-4-3-5-10-17)19(26)21(28)23-12-15-7-6-8-16(11-15)20(22)27/h3-11H,12H2,1-2H3,(H2,22,27)(H,23,28). The van der Waals surface area contributed by atoms with Crippen molar-refractivity contribution in [3.63, 3.8) is 0 Å². The molecule has 28 heavy (non-hydrogen) atoms. The van der Waals surface area contributed by atoms with E-state index in [0.717, 1.165) is 5.69 Å². The third-order valence-corrected chi connectivity index (χ3v) is 4.39. The van der Waals surface area contributed by atoms with Crippen LogP contribution in [0.2, 0.25) is 0 Å². The summed E-state index contributed by atoms with van der Waals surface area (Å²) in [5.74, 6) is -1.93. The molecule has 0 fully saturated rings. The van der Waals surface area contributed by atoms with Gasteiger partial charge in [0, 0.05) is 12.1 Å². The van der Waals surface area contributed by atoms with Crippen LogP contribution in [-0.4, -0.2) is 27.4 Å². The van der Waals surface area contributed by atoms with Gasteiger partial charge >= 0.3 is 0 Å². The van der Waals surface area contributed by atoms with Crippen molar-refractivity contribution in [3.05, 3.63) is 82.7 Å². The van der Waals surface area contributed by atoms with Crippen LogP contribution in [-0.2, 0) is 11.3 Å². The lowest BCUT2D eigenvalue weighted by atomic mass is 10.1. The number of rotatable bonds is 6. The van der Waals surface area contributed by atoms with Crippen molar-refractivity contribution in [1.29, 1.82) is 0 Å². The second-order valence-corrected chi connectivity index (χ2v) is 6.37. The molecule has 0 spiro atoms. The summed E-state index contributed by atoms with van der Waals surface area (Å²) < 4.78 is 1.65. The van der Waals surface area contributed by atoms with Gasteiger partial charge in [-0.3, -0.25) is 14.4 Å². The van der Waals surface area contributed by atoms with E-state index in [1.807, 2.05) is 30.3 Å². The van der Waals surface area contributed by atoms with E-state index in [1.54, 1.807) is 42.8 Å². The van der Waals surface area contributed by atoms with Crippen molar-refractivity contribution in [3.8, 4) is 5.69 Å². The van der Waals surface area contributed by atoms with Crippen LogP contribution in [0.15, 0.2) is 54.6 Å². The number of aromatic nitrogens is 2. The molecule has 2 aromatic carbocycles. The van der Waals surface area contributed by atoms with Gasteiger partial charge in [0.25, 0.3) is 11.7 Å². The number of para-hydroxylation sites is 1. The zero-order valence-electron chi connectivity index (χ0n) is 15.6. The predicted octanol–water partition coefficient (Wildman–Crippen LogP) is 2.09. The van der Waals surface area contributed by atoms with Crippen LogP contribution < -0.4 is 11.1 Å². The van der Waals surface area contributed by atoms with Gasteiger partial charge in [0.05, 0.1) is 22.6 Å². The molecule has 1 aromatic heterocycles. The number of carbonyl (C=O) groups excluding carboxylic acids is 3. The Bertz CT molecular complexity index is 1050. The van der Waals surface area contributed by atoms with Crippen LogP contribution in [0.1, 0.15) is 37.7 Å². The van der Waals surface area contributed by atoms with Gasteiger partial charge < -0.3 is 11.1 Å². The minimum Gasteiger partial charge on any atom is -0.366 e. The number of amides is 2. The number of nitrogens with zero attached hydrogens (tertiary/aromatic N) is 2. The number of hydrogen-bond donors (Lipinski definition) is 2. The number of primary amides is 1. The van der Waals surface area contributed by atoms with Crippen molar-refractivity contribution < 1.29 is 14.4 Å². The average molecular weight is 376 g/mol. The van der Waals surface area contributed by atoms with E-state index in [0.29, 0.717) is 22.5 Å². The van der Waals surface area contributed by atoms with E-state index in [4.69, 9.17) is 5.73 Å². The fourth-order valence-corrected chi connectivity index (χ4v) is 3.00. The van der Waals surface area contributed by atoms with Crippen LogP contribution in [0.4, 0.5) is 0 Å². The summed E-state index contributed by atoms with van der Waals surface area (Å²) in [6.07, 6.45) is 0. The van der Waals surface area contributed by atoms with Gasteiger partial charge in [-0.05, 0) is 43.7 Å². The third-order valence-electron chi connectivity index (χ3n) is 4.39. The van der Waals surface area contributed by atoms with Crippen LogP contribution in [0.3, 0.4) is 0 Å². The molecule has 3 aromatic rings. The second-order valence-electron chi connectivity index (χ2n) is 6.37. The third kappa shape index (κ3) is 3.83. The van der Waals surface area contributed by atoms with Crippen molar-refractivity contribution in [1.82, 2.24) is 15.1 Å². The summed E-state index contributed by atoms with van der Waals surface area (Å²) in [7, 11) is 0. The monoisotopic (exact) mass is 376 g/mol. The van der Waals surface area contributed by atoms with E-state index < -0.39 is 17.6 Å². The summed E-state index contributed by atoms with van der Waals surface area (Å²) in [6, 6.07) is 16.0. The maximum atomic E-state index is 12.7. The first kappa shape index (κ1) is 19.0. The van der Waals surface area contributed by atoms with E-state index >= 15 is 0 Å². The topological polar surface area (TPSA) is 107 Å². The number of benzene rings is 2. The molecule has 0 aliphatic heterocycles. The van der Waals surface area contributed by atoms with E-state index in [-0.39, 0.29) is 12.1 Å². The quantitative estimate of drug-likeness (QED) is 0.507. The van der Waals surface area contributed by atoms with Crippen molar-refractivity contribution >= 4 is 17.6 Å². The summed E-state index contributed by atoms with van der Waals surface area (Å²) >= 11 is 0. The Labute approximate surface area is 162 Å². The summed E-state index contributed by atoms with van der Waals surface area (Å²) in [5, 5.41) is 6.99. The number of nitrogens with two attached hydrogens (primary N) is 1. The number of ketones is 1. The van der Waals surface area contributed by atoms with Gasteiger partial charge in [-0.2, -0.15) is 5.10 Å². The highest BCUT2D eigenvalue weighted by Gasteiger charge is 2.24. The first-order chi connectivity index (χ1) is 13.4. The molecule has 2 amide bonds. The minimum absolute atomic E-state index is 0.108. The SMILES string of the molecule is Cc1nn(-c2ccccc2)c(C)c1C(=O)C(=O)NCc1cccc(C(N)=O)c1. The van der Waals surface area contributed by atoms with E-state index in [2.05, 4.69) is 10.4 Å². The first-order valence-corrected chi connectivity index (χ1v) is 8.71. The fourth-order valence-electron chi connectivity index (χ4n) is 3.00. The smallest absolute Gasteiger partial charge is 0.292 e. The van der Waals surface area contributed by atoms with Crippen LogP contribution in [0.5, 0.6) is 0 Å². The van der Waals surface area contributed by atoms with Gasteiger partial charge in [-0.1, -0.05) is 30.3 Å². The van der Waals surface area contributed by atoms with E-state index in [9.17, 15) is 14.4 Å². The number of carbonyl (C=O) groups is 3. The molecule has 1 heterocycles. The molecular weight excluding hydrogens is 356 g/mol. The Morgan fingerprint density at radius 1 is 1.04 bits per heavy atom. The molecule has 0 radical (unpaired) electrons. The summed E-state index contributed by atoms with van der Waals surface area (Å²) in [4.78, 5) is 36.3. The summed E-state index contributed by atoms with van der Waals surface area (Å²) in [6.45, 7) is 3.56. The molecule has 0 aliphatic rings. The fraction of sp³-hybridized carbons (Fsp3) is 0.143. The van der Waals surface area contributed by atoms with E-state index in [1.165, 1.54) is 0 Å². The molecule has 7 heteroatoms. The maximum Gasteiger partial charge on any atom is 0.292 e. The van der Waals surface area contributed by atoms with Gasteiger partial charge in [-0.15, -0.1) is 0 Å². The average Bonchev–Trinajstić information content (AvgIpc) is 3.00. The van der Waals surface area contributed by atoms with Crippen LogP contribution in [0, 0.1) is 13.8 Å². The molecule has 0 saturated heterocycles. The highest BCUT2D eigenvalue weighted by Crippen LogP contribution is 2.18. The molecule has 0 saturated carbocycles. The zero-order valence-corrected chi connectivity index (χ0v) is 15.6. The molecule has 7 nitrogen and oxygen atoms in total. The number of hydrogen-bond acceptors (Lipinski definition) is 4. The zero-order chi connectivity index (χ0) is 20.3. The molecule has 142 valence electrons. The second kappa shape index (κ2) is 7.87. The Morgan fingerprint density at radius 3 is 2.43 bits per heavy atom. The maximum absolute atomic E-state index is 12.7. The van der Waals surface area contributed by atoms with Crippen LogP contribution >= 0.6 is 0 Å². The number of nitrogens with one attached hydrogen (secondary N) is 1. The molecular formula is C21H20N4O3. The molecule has 0 bridgehead atoms. The van der Waals surface area contributed by atoms with Gasteiger partial charge in [0.15, 0.2) is 0 Å². The lowest BCUT2D eigenvalue weighted by Gasteiger charge is -2.07. The molecule has 0 unspecified atom stereocenters. The first-order valence-electron chi connectivity index (χ1n) is 8.71. The largest absolute Gasteiger partial charge is 0.366 e. The number of aryl methyl sites for hydroxylation is 1. The molecule has 3 rings (SSSR count). The van der Waals surface area contributed by atoms with Crippen molar-refractivity contribution in [2.75, 3.05) is 0 Å². The number of Topliss-reactive ketones (excluding diaryl/α,β-unsaturated/α-hetero) is 1. The predicted molar refractivity (Wildman–Crippen MR) is 104 cm³/mol. The minimum atomic E-state index is -0.733. The molecule has 0 atom stereocenters. The normalized spacial score (nSPS) is 10.5.